The zero-order valence-electron chi connectivity index (χ0n) is 12.6. The van der Waals surface area contributed by atoms with Crippen LogP contribution in [-0.4, -0.2) is 27.4 Å². The molecule has 2 aromatic carbocycles. The van der Waals surface area contributed by atoms with Crippen LogP contribution in [0.3, 0.4) is 0 Å². The van der Waals surface area contributed by atoms with Crippen molar-refractivity contribution in [2.45, 2.75) is 38.3 Å². The lowest BCUT2D eigenvalue weighted by molar-refractivity contribution is 0.397. The molecule has 0 saturated carbocycles. The topological polar surface area (TPSA) is 72.7 Å². The number of nitrogens with one attached hydrogen (secondary N) is 1. The molecule has 0 fully saturated rings. The van der Waals surface area contributed by atoms with Crippen LogP contribution in [0.2, 0.25) is 0 Å². The maximum atomic E-state index is 9.93. The van der Waals surface area contributed by atoms with Gasteiger partial charge in [0.25, 0.3) is 0 Å². The summed E-state index contributed by atoms with van der Waals surface area (Å²) in [5.74, 6) is 0.260. The summed E-state index contributed by atoms with van der Waals surface area (Å²) in [5, 5.41) is 32.4. The minimum Gasteiger partial charge on any atom is -0.508 e. The van der Waals surface area contributed by atoms with E-state index in [4.69, 9.17) is 0 Å². The zero-order chi connectivity index (χ0) is 15.7. The largest absolute Gasteiger partial charge is 0.508 e. The molecule has 4 heteroatoms. The number of hydrogen-bond acceptors (Lipinski definition) is 4. The smallest absolute Gasteiger partial charge is 0.161 e. The average molecular weight is 299 g/mol. The van der Waals surface area contributed by atoms with Gasteiger partial charge in [0.1, 0.15) is 5.75 Å². The van der Waals surface area contributed by atoms with E-state index >= 15 is 0 Å². The van der Waals surface area contributed by atoms with Crippen molar-refractivity contribution in [1.82, 2.24) is 5.32 Å². The Labute approximate surface area is 130 Å². The summed E-state index contributed by atoms with van der Waals surface area (Å²) in [6.07, 6.45) is 2.48. The number of aromatic hydroxyl groups is 3. The maximum Gasteiger partial charge on any atom is 0.161 e. The molecule has 4 nitrogen and oxygen atoms in total. The third kappa shape index (κ3) is 3.02. The maximum absolute atomic E-state index is 9.93. The second kappa shape index (κ2) is 5.89. The minimum atomic E-state index is -0.0449. The summed E-state index contributed by atoms with van der Waals surface area (Å²) < 4.78 is 0. The molecule has 22 heavy (non-hydrogen) atoms. The first-order chi connectivity index (χ1) is 10.5. The Bertz CT molecular complexity index is 667. The fourth-order valence-electron chi connectivity index (χ4n) is 3.23. The molecule has 0 aromatic heterocycles. The van der Waals surface area contributed by atoms with Gasteiger partial charge in [0.05, 0.1) is 0 Å². The predicted octanol–water partition coefficient (Wildman–Crippen LogP) is 2.49. The van der Waals surface area contributed by atoms with Crippen LogP contribution < -0.4 is 5.32 Å². The number of phenols is 3. The lowest BCUT2D eigenvalue weighted by atomic mass is 10.1. The first kappa shape index (κ1) is 14.7. The van der Waals surface area contributed by atoms with Crippen LogP contribution in [0.1, 0.15) is 23.6 Å². The van der Waals surface area contributed by atoms with E-state index in [0.29, 0.717) is 6.04 Å². The molecule has 116 valence electrons. The van der Waals surface area contributed by atoms with Crippen molar-refractivity contribution in [3.63, 3.8) is 0 Å². The van der Waals surface area contributed by atoms with E-state index in [2.05, 4.69) is 12.2 Å². The third-order valence-corrected chi connectivity index (χ3v) is 4.27. The molecule has 1 aliphatic rings. The SMILES string of the molecule is CC(Cc1ccc(O)cc1)NC1Cc2ccc(O)c(O)c2C1. The van der Waals surface area contributed by atoms with Crippen LogP contribution in [-0.2, 0) is 19.3 Å². The molecule has 2 unspecified atom stereocenters. The van der Waals surface area contributed by atoms with Gasteiger partial charge in [-0.3, -0.25) is 0 Å². The predicted molar refractivity (Wildman–Crippen MR) is 85.4 cm³/mol. The van der Waals surface area contributed by atoms with Gasteiger partial charge in [0.2, 0.25) is 0 Å². The summed E-state index contributed by atoms with van der Waals surface area (Å²) in [6, 6.07) is 11.3. The van der Waals surface area contributed by atoms with Crippen molar-refractivity contribution in [3.05, 3.63) is 53.1 Å². The van der Waals surface area contributed by atoms with Gasteiger partial charge in [-0.2, -0.15) is 0 Å². The van der Waals surface area contributed by atoms with Gasteiger partial charge in [0.15, 0.2) is 11.5 Å². The second-order valence-corrected chi connectivity index (χ2v) is 6.11. The Morgan fingerprint density at radius 3 is 2.50 bits per heavy atom. The first-order valence-corrected chi connectivity index (χ1v) is 7.59. The molecule has 1 aliphatic carbocycles. The molecule has 2 atom stereocenters. The standard InChI is InChI=1S/C18H21NO3/c1-11(8-12-2-5-15(20)6-3-12)19-14-9-13-4-7-17(21)18(22)16(13)10-14/h2-7,11,14,19-22H,8-10H2,1H3. The molecule has 3 rings (SSSR count). The number of rotatable bonds is 4. The summed E-state index contributed by atoms with van der Waals surface area (Å²) >= 11 is 0. The van der Waals surface area contributed by atoms with Crippen molar-refractivity contribution < 1.29 is 15.3 Å². The Kier molecular flexibility index (Phi) is 3.94. The molecular formula is C18H21NO3. The summed E-state index contributed by atoms with van der Waals surface area (Å²) in [5.41, 5.74) is 3.13. The van der Waals surface area contributed by atoms with Crippen LogP contribution in [0.5, 0.6) is 17.2 Å². The number of hydrogen-bond donors (Lipinski definition) is 4. The Balaban J connectivity index is 1.61. The van der Waals surface area contributed by atoms with Gasteiger partial charge >= 0.3 is 0 Å². The molecular weight excluding hydrogens is 278 g/mol. The van der Waals surface area contributed by atoms with Crippen LogP contribution in [0.4, 0.5) is 0 Å². The molecule has 0 aliphatic heterocycles. The average Bonchev–Trinajstić information content (AvgIpc) is 2.89. The Morgan fingerprint density at radius 1 is 1.05 bits per heavy atom. The minimum absolute atomic E-state index is 0.0213. The lowest BCUT2D eigenvalue weighted by Crippen LogP contribution is -2.38. The molecule has 0 bridgehead atoms. The summed E-state index contributed by atoms with van der Waals surface area (Å²) in [7, 11) is 0. The fourth-order valence-corrected chi connectivity index (χ4v) is 3.23. The van der Waals surface area contributed by atoms with Crippen LogP contribution in [0.15, 0.2) is 36.4 Å². The monoisotopic (exact) mass is 299 g/mol. The molecule has 0 heterocycles. The molecule has 0 saturated heterocycles. The molecule has 4 N–H and O–H groups in total. The highest BCUT2D eigenvalue weighted by atomic mass is 16.3. The quantitative estimate of drug-likeness (QED) is 0.655. The second-order valence-electron chi connectivity index (χ2n) is 6.11. The van der Waals surface area contributed by atoms with E-state index in [0.717, 1.165) is 30.4 Å². The third-order valence-electron chi connectivity index (χ3n) is 4.27. The number of phenolic OH excluding ortho intramolecular Hbond substituents is 3. The zero-order valence-corrected chi connectivity index (χ0v) is 12.6. The highest BCUT2D eigenvalue weighted by Crippen LogP contribution is 2.36. The number of fused-ring (bicyclic) bond motifs is 1. The van der Waals surface area contributed by atoms with Crippen LogP contribution in [0, 0.1) is 0 Å². The van der Waals surface area contributed by atoms with Gasteiger partial charge in [-0.1, -0.05) is 18.2 Å². The Hall–Kier alpha value is -2.20. The van der Waals surface area contributed by atoms with Gasteiger partial charge in [-0.05, 0) is 55.5 Å². The van der Waals surface area contributed by atoms with Crippen molar-refractivity contribution >= 4 is 0 Å². The highest BCUT2D eigenvalue weighted by Gasteiger charge is 2.26. The van der Waals surface area contributed by atoms with E-state index in [1.807, 2.05) is 18.2 Å². The Morgan fingerprint density at radius 2 is 1.77 bits per heavy atom. The molecule has 0 amide bonds. The van der Waals surface area contributed by atoms with Gasteiger partial charge in [0, 0.05) is 17.6 Å². The fraction of sp³-hybridized carbons (Fsp3) is 0.333. The van der Waals surface area contributed by atoms with E-state index in [9.17, 15) is 15.3 Å². The van der Waals surface area contributed by atoms with Gasteiger partial charge in [-0.25, -0.2) is 0 Å². The van der Waals surface area contributed by atoms with Crippen molar-refractivity contribution in [3.8, 4) is 17.2 Å². The van der Waals surface area contributed by atoms with E-state index in [-0.39, 0.29) is 23.3 Å². The van der Waals surface area contributed by atoms with Crippen molar-refractivity contribution in [1.29, 1.82) is 0 Å². The van der Waals surface area contributed by atoms with Crippen molar-refractivity contribution in [2.24, 2.45) is 0 Å². The van der Waals surface area contributed by atoms with E-state index < -0.39 is 0 Å². The molecule has 2 aromatic rings. The summed E-state index contributed by atoms with van der Waals surface area (Å²) in [4.78, 5) is 0. The molecule has 0 spiro atoms. The van der Waals surface area contributed by atoms with E-state index in [1.54, 1.807) is 18.2 Å². The van der Waals surface area contributed by atoms with Gasteiger partial charge in [-0.15, -0.1) is 0 Å². The normalized spacial score (nSPS) is 18.1. The highest BCUT2D eigenvalue weighted by molar-refractivity contribution is 5.51. The van der Waals surface area contributed by atoms with Crippen LogP contribution in [0.25, 0.3) is 0 Å². The first-order valence-electron chi connectivity index (χ1n) is 7.59. The van der Waals surface area contributed by atoms with Gasteiger partial charge < -0.3 is 20.6 Å². The number of benzene rings is 2. The van der Waals surface area contributed by atoms with Crippen molar-refractivity contribution in [2.75, 3.05) is 0 Å². The van der Waals surface area contributed by atoms with E-state index in [1.165, 1.54) is 5.56 Å². The molecule has 0 radical (unpaired) electrons. The summed E-state index contributed by atoms with van der Waals surface area (Å²) in [6.45, 7) is 2.13. The van der Waals surface area contributed by atoms with Crippen LogP contribution >= 0.6 is 0 Å². The lowest BCUT2D eigenvalue weighted by Gasteiger charge is -2.19.